The summed E-state index contributed by atoms with van der Waals surface area (Å²) in [7, 11) is 1.60. The number of hydrogen-bond donors (Lipinski definition) is 2. The van der Waals surface area contributed by atoms with E-state index in [1.807, 2.05) is 32.0 Å². The average Bonchev–Trinajstić information content (AvgIpc) is 2.64. The molecule has 6 heteroatoms. The van der Waals surface area contributed by atoms with Crippen molar-refractivity contribution < 1.29 is 14.2 Å². The topological polar surface area (TPSA) is 64.1 Å². The molecule has 1 rings (SSSR count). The summed E-state index contributed by atoms with van der Waals surface area (Å²) in [4.78, 5) is 4.60. The fourth-order valence-corrected chi connectivity index (χ4v) is 2.09. The molecule has 2 N–H and O–H groups in total. The lowest BCUT2D eigenvalue weighted by Gasteiger charge is -2.12. The predicted octanol–water partition coefficient (Wildman–Crippen LogP) is 2.19. The average molecular weight is 347 g/mol. The summed E-state index contributed by atoms with van der Waals surface area (Å²) in [5.74, 6) is 4.52. The van der Waals surface area contributed by atoms with Crippen LogP contribution in [0, 0.1) is 12.3 Å². The zero-order valence-electron chi connectivity index (χ0n) is 15.4. The van der Waals surface area contributed by atoms with Crippen molar-refractivity contribution in [1.82, 2.24) is 10.6 Å². The summed E-state index contributed by atoms with van der Waals surface area (Å²) in [6, 6.07) is 5.72. The number of terminal acetylenes is 1. The van der Waals surface area contributed by atoms with E-state index in [2.05, 4.69) is 21.5 Å². The van der Waals surface area contributed by atoms with E-state index in [1.165, 1.54) is 0 Å². The third-order valence-corrected chi connectivity index (χ3v) is 3.27. The van der Waals surface area contributed by atoms with E-state index < -0.39 is 0 Å². The van der Waals surface area contributed by atoms with Crippen molar-refractivity contribution in [2.45, 2.75) is 26.8 Å². The smallest absolute Gasteiger partial charge is 0.191 e. The van der Waals surface area contributed by atoms with E-state index in [1.54, 1.807) is 7.11 Å². The number of methoxy groups -OCH3 is 1. The minimum Gasteiger partial charge on any atom is -0.493 e. The molecule has 0 saturated carbocycles. The van der Waals surface area contributed by atoms with Gasteiger partial charge >= 0.3 is 0 Å². The van der Waals surface area contributed by atoms with Crippen LogP contribution in [0.1, 0.15) is 25.8 Å². The van der Waals surface area contributed by atoms with Crippen LogP contribution in [0.25, 0.3) is 0 Å². The van der Waals surface area contributed by atoms with Gasteiger partial charge in [0.1, 0.15) is 6.61 Å². The van der Waals surface area contributed by atoms with E-state index in [0.29, 0.717) is 18.0 Å². The van der Waals surface area contributed by atoms with Crippen LogP contribution in [0.5, 0.6) is 11.5 Å². The Morgan fingerprint density at radius 1 is 1.24 bits per heavy atom. The highest BCUT2D eigenvalue weighted by Gasteiger charge is 2.06. The molecule has 0 aromatic heterocycles. The first-order valence-corrected chi connectivity index (χ1v) is 8.58. The Balaban J connectivity index is 2.66. The van der Waals surface area contributed by atoms with E-state index in [4.69, 9.17) is 20.6 Å². The second-order valence-electron chi connectivity index (χ2n) is 5.15. The summed E-state index contributed by atoms with van der Waals surface area (Å²) >= 11 is 0. The van der Waals surface area contributed by atoms with Gasteiger partial charge in [-0.3, -0.25) is 0 Å². The van der Waals surface area contributed by atoms with Gasteiger partial charge in [0.15, 0.2) is 17.5 Å². The van der Waals surface area contributed by atoms with Crippen LogP contribution in [0.15, 0.2) is 23.2 Å². The van der Waals surface area contributed by atoms with Gasteiger partial charge in [-0.1, -0.05) is 12.0 Å². The van der Waals surface area contributed by atoms with Crippen LogP contribution < -0.4 is 20.1 Å². The molecule has 0 bridgehead atoms. The monoisotopic (exact) mass is 347 g/mol. The van der Waals surface area contributed by atoms with Crippen molar-refractivity contribution in [2.75, 3.05) is 40.0 Å². The molecule has 0 aliphatic rings. The molecule has 0 fully saturated rings. The van der Waals surface area contributed by atoms with Crippen LogP contribution in [0.3, 0.4) is 0 Å². The summed E-state index contributed by atoms with van der Waals surface area (Å²) in [6.45, 7) is 7.87. The maximum atomic E-state index is 5.52. The van der Waals surface area contributed by atoms with Gasteiger partial charge < -0.3 is 24.8 Å². The Hall–Kier alpha value is -2.39. The Morgan fingerprint density at radius 2 is 2.08 bits per heavy atom. The minimum absolute atomic E-state index is 0.201. The molecule has 0 heterocycles. The maximum Gasteiger partial charge on any atom is 0.191 e. The molecule has 1 aromatic rings. The second-order valence-corrected chi connectivity index (χ2v) is 5.15. The van der Waals surface area contributed by atoms with E-state index in [0.717, 1.165) is 44.2 Å². The van der Waals surface area contributed by atoms with Gasteiger partial charge in [-0.05, 0) is 38.0 Å². The molecule has 0 amide bonds. The number of benzene rings is 1. The molecule has 0 atom stereocenters. The Morgan fingerprint density at radius 3 is 2.76 bits per heavy atom. The summed E-state index contributed by atoms with van der Waals surface area (Å²) in [6.07, 6.45) is 6.19. The summed E-state index contributed by atoms with van der Waals surface area (Å²) in [5, 5.41) is 6.53. The van der Waals surface area contributed by atoms with Crippen molar-refractivity contribution in [2.24, 2.45) is 4.99 Å². The first kappa shape index (κ1) is 20.7. The van der Waals surface area contributed by atoms with Gasteiger partial charge in [0.2, 0.25) is 0 Å². The van der Waals surface area contributed by atoms with E-state index in [9.17, 15) is 0 Å². The molecule has 6 nitrogen and oxygen atoms in total. The fraction of sp³-hybridized carbons (Fsp3) is 0.526. The number of rotatable bonds is 11. The van der Waals surface area contributed by atoms with Crippen molar-refractivity contribution in [3.05, 3.63) is 23.8 Å². The van der Waals surface area contributed by atoms with Crippen molar-refractivity contribution in [1.29, 1.82) is 0 Å². The highest BCUT2D eigenvalue weighted by Crippen LogP contribution is 2.28. The first-order chi connectivity index (χ1) is 12.2. The van der Waals surface area contributed by atoms with Crippen LogP contribution in [0.2, 0.25) is 0 Å². The Bertz CT molecular complexity index is 568. The molecule has 0 aliphatic heterocycles. The lowest BCUT2D eigenvalue weighted by atomic mass is 10.2. The minimum atomic E-state index is 0.201. The Labute approximate surface area is 151 Å². The number of aliphatic imine (C=N–C) groups is 1. The maximum absolute atomic E-state index is 5.52. The SMILES string of the molecule is C#CCOc1cc(CN=C(NCC)NCCCOCC)ccc1OC. The zero-order chi connectivity index (χ0) is 18.3. The normalized spacial score (nSPS) is 10.9. The number of hydrogen-bond acceptors (Lipinski definition) is 4. The molecule has 0 aliphatic carbocycles. The molecule has 0 radical (unpaired) electrons. The highest BCUT2D eigenvalue weighted by molar-refractivity contribution is 5.79. The van der Waals surface area contributed by atoms with Gasteiger partial charge in [0, 0.05) is 26.3 Å². The molecule has 25 heavy (non-hydrogen) atoms. The van der Waals surface area contributed by atoms with Crippen LogP contribution in [0.4, 0.5) is 0 Å². The highest BCUT2D eigenvalue weighted by atomic mass is 16.5. The standard InChI is InChI=1S/C19H29N3O3/c1-5-12-25-18-14-16(9-10-17(18)23-4)15-22-19(20-6-2)21-11-8-13-24-7-3/h1,9-10,14H,6-8,11-13,15H2,2-4H3,(H2,20,21,22). The van der Waals surface area contributed by atoms with Crippen molar-refractivity contribution in [3.63, 3.8) is 0 Å². The van der Waals surface area contributed by atoms with E-state index >= 15 is 0 Å². The van der Waals surface area contributed by atoms with Crippen LogP contribution in [-0.2, 0) is 11.3 Å². The number of ether oxygens (including phenoxy) is 3. The number of nitrogens with one attached hydrogen (secondary N) is 2. The fourth-order valence-electron chi connectivity index (χ4n) is 2.09. The molecule has 0 unspecified atom stereocenters. The Kier molecular flexibility index (Phi) is 10.7. The zero-order valence-corrected chi connectivity index (χ0v) is 15.4. The summed E-state index contributed by atoms with van der Waals surface area (Å²) < 4.78 is 16.1. The van der Waals surface area contributed by atoms with Gasteiger partial charge in [-0.25, -0.2) is 4.99 Å². The lowest BCUT2D eigenvalue weighted by Crippen LogP contribution is -2.38. The molecule has 138 valence electrons. The third kappa shape index (κ3) is 8.32. The summed E-state index contributed by atoms with van der Waals surface area (Å²) in [5.41, 5.74) is 1.01. The second kappa shape index (κ2) is 13.0. The predicted molar refractivity (Wildman–Crippen MR) is 101 cm³/mol. The molecule has 0 spiro atoms. The van der Waals surface area contributed by atoms with Crippen LogP contribution >= 0.6 is 0 Å². The molecule has 0 saturated heterocycles. The van der Waals surface area contributed by atoms with Gasteiger partial charge in [0.05, 0.1) is 13.7 Å². The first-order valence-electron chi connectivity index (χ1n) is 8.58. The largest absolute Gasteiger partial charge is 0.493 e. The van der Waals surface area contributed by atoms with Gasteiger partial charge in [-0.15, -0.1) is 6.42 Å². The lowest BCUT2D eigenvalue weighted by molar-refractivity contribution is 0.145. The van der Waals surface area contributed by atoms with Crippen LogP contribution in [-0.4, -0.2) is 46.0 Å². The van der Waals surface area contributed by atoms with E-state index in [-0.39, 0.29) is 6.61 Å². The molecule has 1 aromatic carbocycles. The van der Waals surface area contributed by atoms with Gasteiger partial charge in [-0.2, -0.15) is 0 Å². The van der Waals surface area contributed by atoms with Gasteiger partial charge in [0.25, 0.3) is 0 Å². The molecular formula is C19H29N3O3. The molecular weight excluding hydrogens is 318 g/mol. The van der Waals surface area contributed by atoms with Crippen molar-refractivity contribution >= 4 is 5.96 Å². The quantitative estimate of drug-likeness (QED) is 0.278. The number of nitrogens with zero attached hydrogens (tertiary/aromatic N) is 1. The number of guanidine groups is 1. The van der Waals surface area contributed by atoms with Crippen molar-refractivity contribution in [3.8, 4) is 23.8 Å². The third-order valence-electron chi connectivity index (χ3n) is 3.27.